The van der Waals surface area contributed by atoms with Crippen LogP contribution >= 0.6 is 0 Å². The van der Waals surface area contributed by atoms with Crippen LogP contribution < -0.4 is 9.80 Å². The first kappa shape index (κ1) is 36.4. The molecule has 2 unspecified atom stereocenters. The molecule has 2 nitrogen and oxygen atoms in total. The molecule has 2 heteroatoms. The van der Waals surface area contributed by atoms with Crippen molar-refractivity contribution in [2.45, 2.75) is 35.8 Å². The second-order valence-electron chi connectivity index (χ2n) is 16.2. The normalized spacial score (nSPS) is 18.5. The molecule has 0 aromatic heterocycles. The summed E-state index contributed by atoms with van der Waals surface area (Å²) in [4.78, 5) is 5.09. The lowest BCUT2D eigenvalue weighted by Crippen LogP contribution is -2.41. The first-order valence-electron chi connectivity index (χ1n) is 20.9. The molecule has 4 aliphatic carbocycles. The Morgan fingerprint density at radius 3 is 1.64 bits per heavy atom. The van der Waals surface area contributed by atoms with Gasteiger partial charge < -0.3 is 9.80 Å². The third kappa shape index (κ3) is 6.37. The van der Waals surface area contributed by atoms with Crippen molar-refractivity contribution in [1.29, 1.82) is 0 Å². The van der Waals surface area contributed by atoms with Gasteiger partial charge in [-0.1, -0.05) is 195 Å². The molecule has 0 spiro atoms. The van der Waals surface area contributed by atoms with E-state index in [1.54, 1.807) is 0 Å². The average molecular weight is 761 g/mol. The molecule has 10 rings (SSSR count). The van der Waals surface area contributed by atoms with Gasteiger partial charge in [0.2, 0.25) is 0 Å². The van der Waals surface area contributed by atoms with Gasteiger partial charge in [-0.25, -0.2) is 0 Å². The number of fused-ring (bicyclic) bond motifs is 3. The summed E-state index contributed by atoms with van der Waals surface area (Å²) < 4.78 is 0. The molecule has 4 aliphatic rings. The van der Waals surface area contributed by atoms with Crippen molar-refractivity contribution in [2.75, 3.05) is 16.3 Å². The van der Waals surface area contributed by atoms with Gasteiger partial charge in [0, 0.05) is 29.0 Å². The Kier molecular flexibility index (Phi) is 9.34. The molecular weight excluding hydrogens is 713 g/mol. The Morgan fingerprint density at radius 1 is 0.508 bits per heavy atom. The molecule has 0 fully saturated rings. The molecule has 59 heavy (non-hydrogen) atoms. The molecule has 2 atom stereocenters. The summed E-state index contributed by atoms with van der Waals surface area (Å²) >= 11 is 0. The van der Waals surface area contributed by atoms with Crippen LogP contribution in [0.1, 0.15) is 51.8 Å². The quantitative estimate of drug-likeness (QED) is 0.114. The smallest absolute Gasteiger partial charge is 0.0713 e. The molecule has 6 aromatic carbocycles. The number of para-hydroxylation sites is 1. The van der Waals surface area contributed by atoms with Gasteiger partial charge in [-0.3, -0.25) is 0 Å². The van der Waals surface area contributed by atoms with E-state index in [1.807, 2.05) is 12.2 Å². The SMILES string of the molecule is C=Cc1ccc(C2(c3ccc(C=C)cc3)c3ccccc3-c3ccc(C4(CN(c5ccc(N(c6ccccc6)C6C=CC=CC6)cc5)C5C=CC=CC5)C=C4)cc32)cc1. The molecule has 286 valence electrons. The first-order valence-corrected chi connectivity index (χ1v) is 20.9. The topological polar surface area (TPSA) is 6.48 Å². The predicted octanol–water partition coefficient (Wildman–Crippen LogP) is 13.6. The maximum absolute atomic E-state index is 4.06. The van der Waals surface area contributed by atoms with E-state index in [0.717, 1.165) is 30.5 Å². The highest BCUT2D eigenvalue weighted by atomic mass is 15.2. The fourth-order valence-corrected chi connectivity index (χ4v) is 9.75. The van der Waals surface area contributed by atoms with E-state index in [1.165, 1.54) is 56.0 Å². The lowest BCUT2D eigenvalue weighted by molar-refractivity contribution is 0.622. The number of hydrogen-bond donors (Lipinski definition) is 0. The Balaban J connectivity index is 1.06. The fraction of sp³-hybridized carbons (Fsp3) is 0.123. The van der Waals surface area contributed by atoms with Crippen molar-refractivity contribution < 1.29 is 0 Å². The Hall–Kier alpha value is -6.90. The minimum atomic E-state index is -0.502. The van der Waals surface area contributed by atoms with Crippen molar-refractivity contribution in [1.82, 2.24) is 0 Å². The van der Waals surface area contributed by atoms with Gasteiger partial charge in [-0.2, -0.15) is 0 Å². The molecule has 0 amide bonds. The van der Waals surface area contributed by atoms with E-state index in [4.69, 9.17) is 0 Å². The summed E-state index contributed by atoms with van der Waals surface area (Å²) in [6.07, 6.45) is 28.6. The van der Waals surface area contributed by atoms with Crippen LogP contribution in [0, 0.1) is 0 Å². The maximum Gasteiger partial charge on any atom is 0.0713 e. The molecule has 0 bridgehead atoms. The van der Waals surface area contributed by atoms with Gasteiger partial charge in [0.05, 0.1) is 17.5 Å². The lowest BCUT2D eigenvalue weighted by Gasteiger charge is -2.38. The zero-order valence-corrected chi connectivity index (χ0v) is 33.4. The largest absolute Gasteiger partial charge is 0.363 e. The van der Waals surface area contributed by atoms with Crippen LogP contribution in [-0.2, 0) is 10.8 Å². The van der Waals surface area contributed by atoms with Crippen LogP contribution in [0.4, 0.5) is 17.1 Å². The highest BCUT2D eigenvalue weighted by Crippen LogP contribution is 2.57. The molecule has 0 aliphatic heterocycles. The van der Waals surface area contributed by atoms with Crippen LogP contribution in [0.2, 0.25) is 0 Å². The van der Waals surface area contributed by atoms with E-state index in [9.17, 15) is 0 Å². The molecule has 0 saturated carbocycles. The number of nitrogens with zero attached hydrogens (tertiary/aromatic N) is 2. The van der Waals surface area contributed by atoms with Gasteiger partial charge >= 0.3 is 0 Å². The van der Waals surface area contributed by atoms with Gasteiger partial charge in [-0.15, -0.1) is 0 Å². The van der Waals surface area contributed by atoms with Crippen LogP contribution in [0.15, 0.2) is 220 Å². The molecule has 0 heterocycles. The van der Waals surface area contributed by atoms with Gasteiger partial charge in [0.25, 0.3) is 0 Å². The second kappa shape index (κ2) is 15.1. The van der Waals surface area contributed by atoms with Crippen LogP contribution in [0.3, 0.4) is 0 Å². The number of hydrogen-bond acceptors (Lipinski definition) is 2. The number of rotatable bonds is 12. The Morgan fingerprint density at radius 2 is 1.05 bits per heavy atom. The van der Waals surface area contributed by atoms with Crippen molar-refractivity contribution in [3.8, 4) is 11.1 Å². The average Bonchev–Trinajstić information content (AvgIpc) is 4.05. The molecule has 0 radical (unpaired) electrons. The van der Waals surface area contributed by atoms with E-state index in [-0.39, 0.29) is 17.5 Å². The lowest BCUT2D eigenvalue weighted by atomic mass is 9.67. The van der Waals surface area contributed by atoms with E-state index >= 15 is 0 Å². The Labute approximate surface area is 349 Å². The van der Waals surface area contributed by atoms with E-state index in [2.05, 4.69) is 229 Å². The summed E-state index contributed by atoms with van der Waals surface area (Å²) in [5.41, 5.74) is 14.2. The minimum Gasteiger partial charge on any atom is -0.363 e. The van der Waals surface area contributed by atoms with Crippen molar-refractivity contribution >= 4 is 29.2 Å². The van der Waals surface area contributed by atoms with Crippen molar-refractivity contribution in [2.24, 2.45) is 0 Å². The first-order chi connectivity index (χ1) is 29.1. The van der Waals surface area contributed by atoms with Crippen LogP contribution in [0.25, 0.3) is 23.3 Å². The molecule has 6 aromatic rings. The van der Waals surface area contributed by atoms with E-state index in [0.29, 0.717) is 0 Å². The number of anilines is 3. The summed E-state index contributed by atoms with van der Waals surface area (Å²) in [5, 5.41) is 0. The maximum atomic E-state index is 4.06. The zero-order valence-electron chi connectivity index (χ0n) is 33.4. The summed E-state index contributed by atoms with van der Waals surface area (Å²) in [6.45, 7) is 8.96. The summed E-state index contributed by atoms with van der Waals surface area (Å²) in [5.74, 6) is 0. The predicted molar refractivity (Wildman–Crippen MR) is 250 cm³/mol. The second-order valence-corrected chi connectivity index (χ2v) is 16.2. The summed E-state index contributed by atoms with van der Waals surface area (Å²) in [7, 11) is 0. The number of allylic oxidation sites excluding steroid dienone is 4. The third-order valence-corrected chi connectivity index (χ3v) is 12.9. The molecule has 0 saturated heterocycles. The molecular formula is C57H48N2. The van der Waals surface area contributed by atoms with Gasteiger partial charge in [0.15, 0.2) is 0 Å². The van der Waals surface area contributed by atoms with Gasteiger partial charge in [-0.05, 0) is 99.3 Å². The third-order valence-electron chi connectivity index (χ3n) is 12.9. The monoisotopic (exact) mass is 760 g/mol. The van der Waals surface area contributed by atoms with Crippen LogP contribution in [-0.4, -0.2) is 18.6 Å². The Bertz CT molecular complexity index is 2610. The highest BCUT2D eigenvalue weighted by molar-refractivity contribution is 5.87. The van der Waals surface area contributed by atoms with E-state index < -0.39 is 5.41 Å². The van der Waals surface area contributed by atoms with Crippen molar-refractivity contribution in [3.63, 3.8) is 0 Å². The highest BCUT2D eigenvalue weighted by Gasteiger charge is 2.48. The minimum absolute atomic E-state index is 0.210. The zero-order chi connectivity index (χ0) is 39.8. The fourth-order valence-electron chi connectivity index (χ4n) is 9.75. The molecule has 0 N–H and O–H groups in total. The standard InChI is InChI=1S/C57H48N2/c1-3-42-24-28-44(29-25-42)57(45-30-26-43(4-2)27-31-45)54-23-15-14-22-52(54)53-37-32-46(40-55(53)57)56(38-39-56)41-58(47-16-8-5-9-17-47)48-33-35-51(36-34-48)59(49-18-10-6-11-19-49)50-20-12-7-13-21-50/h3-16,18-20,22-40,47,50H,1-2,17,21,41H2. The number of benzene rings is 6. The van der Waals surface area contributed by atoms with Crippen LogP contribution in [0.5, 0.6) is 0 Å². The summed E-state index contributed by atoms with van der Waals surface area (Å²) in [6, 6.07) is 54.9. The van der Waals surface area contributed by atoms with Gasteiger partial charge in [0.1, 0.15) is 0 Å². The van der Waals surface area contributed by atoms with Crippen molar-refractivity contribution in [3.05, 3.63) is 258 Å².